The third-order valence-corrected chi connectivity index (χ3v) is 5.73. The summed E-state index contributed by atoms with van der Waals surface area (Å²) < 4.78 is 28.8. The molecule has 0 atom stereocenters. The topological polar surface area (TPSA) is 100 Å². The summed E-state index contributed by atoms with van der Waals surface area (Å²) in [7, 11) is -1.47. The highest BCUT2D eigenvalue weighted by molar-refractivity contribution is 14.0. The van der Waals surface area contributed by atoms with Crippen LogP contribution in [-0.4, -0.2) is 43.0 Å². The molecule has 2 rings (SSSR count). The molecule has 0 aliphatic rings. The van der Waals surface area contributed by atoms with E-state index in [-0.39, 0.29) is 42.8 Å². The van der Waals surface area contributed by atoms with Crippen molar-refractivity contribution in [1.29, 1.82) is 0 Å². The van der Waals surface area contributed by atoms with Crippen molar-refractivity contribution in [3.63, 3.8) is 0 Å². The normalized spacial score (nSPS) is 11.8. The lowest BCUT2D eigenvalue weighted by Crippen LogP contribution is -2.41. The van der Waals surface area contributed by atoms with E-state index >= 15 is 0 Å². The largest absolute Gasteiger partial charge is 0.357 e. The van der Waals surface area contributed by atoms with Gasteiger partial charge >= 0.3 is 0 Å². The molecule has 3 N–H and O–H groups in total. The number of guanidine groups is 1. The summed E-state index contributed by atoms with van der Waals surface area (Å²) >= 11 is 0. The molecule has 0 spiro atoms. The summed E-state index contributed by atoms with van der Waals surface area (Å²) in [5.41, 5.74) is 4.03. The van der Waals surface area contributed by atoms with E-state index in [2.05, 4.69) is 25.4 Å². The number of halogens is 1. The Bertz CT molecular complexity index is 897. The second-order valence-electron chi connectivity index (χ2n) is 6.52. The van der Waals surface area contributed by atoms with Crippen LogP contribution in [0, 0.1) is 13.8 Å². The Morgan fingerprint density at radius 2 is 1.86 bits per heavy atom. The lowest BCUT2D eigenvalue weighted by molar-refractivity contribution is 0.580. The molecule has 0 saturated heterocycles. The molecule has 1 heterocycles. The average molecular weight is 534 g/mol. The third-order valence-electron chi connectivity index (χ3n) is 4.40. The first kappa shape index (κ1) is 25.4. The SMILES string of the molecule is CCNC(=NCc1c(C)nn(C)c1C)NCCS(=O)(=O)NCc1ccccc1.I. The molecule has 0 fully saturated rings. The van der Waals surface area contributed by atoms with Gasteiger partial charge in [0.25, 0.3) is 0 Å². The fourth-order valence-corrected chi connectivity index (χ4v) is 3.61. The highest BCUT2D eigenvalue weighted by atomic mass is 127. The minimum Gasteiger partial charge on any atom is -0.357 e. The summed E-state index contributed by atoms with van der Waals surface area (Å²) in [6.07, 6.45) is 0. The van der Waals surface area contributed by atoms with Crippen LogP contribution in [0.4, 0.5) is 0 Å². The van der Waals surface area contributed by atoms with Crippen LogP contribution in [0.5, 0.6) is 0 Å². The Kier molecular flexibility index (Phi) is 10.6. The van der Waals surface area contributed by atoms with Gasteiger partial charge < -0.3 is 10.6 Å². The summed E-state index contributed by atoms with van der Waals surface area (Å²) in [5.74, 6) is 0.554. The molecule has 1 aromatic carbocycles. The lowest BCUT2D eigenvalue weighted by atomic mass is 10.2. The number of nitrogens with one attached hydrogen (secondary N) is 3. The second kappa shape index (κ2) is 12.1. The van der Waals surface area contributed by atoms with Crippen LogP contribution in [-0.2, 0) is 30.2 Å². The van der Waals surface area contributed by atoms with Gasteiger partial charge in [0.2, 0.25) is 10.0 Å². The van der Waals surface area contributed by atoms with E-state index in [1.807, 2.05) is 62.8 Å². The maximum Gasteiger partial charge on any atom is 0.213 e. The minimum atomic E-state index is -3.38. The maximum absolute atomic E-state index is 12.2. The van der Waals surface area contributed by atoms with E-state index < -0.39 is 10.0 Å². The molecule has 2 aromatic rings. The zero-order valence-corrected chi connectivity index (χ0v) is 20.5. The maximum atomic E-state index is 12.2. The average Bonchev–Trinajstić information content (AvgIpc) is 2.90. The van der Waals surface area contributed by atoms with Crippen molar-refractivity contribution in [2.45, 2.75) is 33.9 Å². The number of benzene rings is 1. The molecule has 0 amide bonds. The van der Waals surface area contributed by atoms with Gasteiger partial charge in [0.15, 0.2) is 5.96 Å². The predicted molar refractivity (Wildman–Crippen MR) is 128 cm³/mol. The van der Waals surface area contributed by atoms with Gasteiger partial charge in [-0.05, 0) is 26.3 Å². The van der Waals surface area contributed by atoms with Crippen LogP contribution < -0.4 is 15.4 Å². The summed E-state index contributed by atoms with van der Waals surface area (Å²) in [6, 6.07) is 9.45. The van der Waals surface area contributed by atoms with E-state index in [0.717, 1.165) is 22.5 Å². The number of aromatic nitrogens is 2. The number of aryl methyl sites for hydroxylation is 2. The van der Waals surface area contributed by atoms with Crippen LogP contribution in [0.15, 0.2) is 35.3 Å². The first-order valence-electron chi connectivity index (χ1n) is 9.35. The molecule has 1 aromatic heterocycles. The number of hydrogen-bond donors (Lipinski definition) is 3. The van der Waals surface area contributed by atoms with Crippen molar-refractivity contribution >= 4 is 40.0 Å². The smallest absolute Gasteiger partial charge is 0.213 e. The molecule has 162 valence electrons. The number of rotatable bonds is 9. The Morgan fingerprint density at radius 1 is 1.17 bits per heavy atom. The van der Waals surface area contributed by atoms with Gasteiger partial charge in [-0.1, -0.05) is 30.3 Å². The Morgan fingerprint density at radius 3 is 2.45 bits per heavy atom. The van der Waals surface area contributed by atoms with Crippen molar-refractivity contribution < 1.29 is 8.42 Å². The van der Waals surface area contributed by atoms with E-state index in [4.69, 9.17) is 0 Å². The van der Waals surface area contributed by atoms with Crippen LogP contribution >= 0.6 is 24.0 Å². The molecular formula is C19H31IN6O2S. The zero-order chi connectivity index (χ0) is 20.6. The first-order valence-corrected chi connectivity index (χ1v) is 11.0. The Labute approximate surface area is 190 Å². The number of aliphatic imine (C=N–C) groups is 1. The predicted octanol–water partition coefficient (Wildman–Crippen LogP) is 1.83. The van der Waals surface area contributed by atoms with Gasteiger partial charge in [-0.25, -0.2) is 18.1 Å². The second-order valence-corrected chi connectivity index (χ2v) is 8.45. The fraction of sp³-hybridized carbons (Fsp3) is 0.474. The fourth-order valence-electron chi connectivity index (χ4n) is 2.71. The molecule has 29 heavy (non-hydrogen) atoms. The van der Waals surface area contributed by atoms with Crippen LogP contribution in [0.1, 0.15) is 29.4 Å². The van der Waals surface area contributed by atoms with Gasteiger partial charge in [-0.2, -0.15) is 5.10 Å². The minimum absolute atomic E-state index is 0. The van der Waals surface area contributed by atoms with Gasteiger partial charge in [-0.15, -0.1) is 24.0 Å². The standard InChI is InChI=1S/C19H30N6O2S.HI/c1-5-20-19(22-14-18-15(2)24-25(4)16(18)3)21-11-12-28(26,27)23-13-17-9-7-6-8-10-17;/h6-10,23H,5,11-14H2,1-4H3,(H2,20,21,22);1H. The number of sulfonamides is 1. The van der Waals surface area contributed by atoms with E-state index in [1.165, 1.54) is 0 Å². The van der Waals surface area contributed by atoms with Crippen molar-refractivity contribution in [3.8, 4) is 0 Å². The highest BCUT2D eigenvalue weighted by Crippen LogP contribution is 2.12. The number of nitrogens with zero attached hydrogens (tertiary/aromatic N) is 3. The summed E-state index contributed by atoms with van der Waals surface area (Å²) in [4.78, 5) is 4.56. The van der Waals surface area contributed by atoms with Gasteiger partial charge in [0.05, 0.1) is 18.0 Å². The van der Waals surface area contributed by atoms with Crippen molar-refractivity contribution in [2.75, 3.05) is 18.8 Å². The monoisotopic (exact) mass is 534 g/mol. The lowest BCUT2D eigenvalue weighted by Gasteiger charge is -2.12. The quantitative estimate of drug-likeness (QED) is 0.259. The van der Waals surface area contributed by atoms with Crippen LogP contribution in [0.25, 0.3) is 0 Å². The van der Waals surface area contributed by atoms with Crippen LogP contribution in [0.2, 0.25) is 0 Å². The molecule has 10 heteroatoms. The third kappa shape index (κ3) is 8.31. The summed E-state index contributed by atoms with van der Waals surface area (Å²) in [5, 5.41) is 10.6. The van der Waals surface area contributed by atoms with Gasteiger partial charge in [0, 0.05) is 37.9 Å². The Balaban J connectivity index is 0.00000420. The molecule has 0 bridgehead atoms. The number of hydrogen-bond acceptors (Lipinski definition) is 4. The molecule has 0 aliphatic carbocycles. The van der Waals surface area contributed by atoms with Crippen LogP contribution in [0.3, 0.4) is 0 Å². The summed E-state index contributed by atoms with van der Waals surface area (Å²) in [6.45, 7) is 7.67. The van der Waals surface area contributed by atoms with Crippen molar-refractivity contribution in [2.24, 2.45) is 12.0 Å². The first-order chi connectivity index (χ1) is 13.3. The van der Waals surface area contributed by atoms with Crippen molar-refractivity contribution in [1.82, 2.24) is 25.1 Å². The van der Waals surface area contributed by atoms with E-state index in [9.17, 15) is 8.42 Å². The molecular weight excluding hydrogens is 503 g/mol. The molecule has 0 radical (unpaired) electrons. The molecule has 0 aliphatic heterocycles. The van der Waals surface area contributed by atoms with Gasteiger partial charge in [-0.3, -0.25) is 4.68 Å². The van der Waals surface area contributed by atoms with E-state index in [0.29, 0.717) is 19.0 Å². The molecule has 8 nitrogen and oxygen atoms in total. The zero-order valence-electron chi connectivity index (χ0n) is 17.4. The molecule has 0 saturated carbocycles. The van der Waals surface area contributed by atoms with Gasteiger partial charge in [0.1, 0.15) is 0 Å². The van der Waals surface area contributed by atoms with E-state index in [1.54, 1.807) is 0 Å². The molecule has 0 unspecified atom stereocenters. The Hall–Kier alpha value is -1.66. The highest BCUT2D eigenvalue weighted by Gasteiger charge is 2.11. The van der Waals surface area contributed by atoms with Crippen molar-refractivity contribution in [3.05, 3.63) is 52.8 Å².